The van der Waals surface area contributed by atoms with Crippen molar-refractivity contribution in [2.45, 2.75) is 39.4 Å². The molecule has 1 heterocycles. The van der Waals surface area contributed by atoms with Gasteiger partial charge in [0.15, 0.2) is 0 Å². The van der Waals surface area contributed by atoms with E-state index in [1.165, 1.54) is 0 Å². The number of likely N-dealkylation sites (tertiary alicyclic amines) is 1. The molecule has 0 saturated carbocycles. The van der Waals surface area contributed by atoms with Crippen molar-refractivity contribution in [2.24, 2.45) is 11.7 Å². The topological polar surface area (TPSA) is 58.4 Å². The Bertz CT molecular complexity index is 461. The fraction of sp³-hybridized carbons (Fsp3) is 0.562. The molecule has 0 aliphatic carbocycles. The normalized spacial score (nSPS) is 22.1. The third-order valence-corrected chi connectivity index (χ3v) is 4.14. The second kappa shape index (κ2) is 7.78. The number of amides is 1. The Morgan fingerprint density at radius 2 is 1.95 bits per heavy atom. The number of halogens is 1. The molecule has 118 valence electrons. The van der Waals surface area contributed by atoms with Crippen LogP contribution in [0.5, 0.6) is 0 Å². The average Bonchev–Trinajstić information content (AvgIpc) is 2.80. The molecular formula is C16H26ClN3O. The van der Waals surface area contributed by atoms with Crippen LogP contribution >= 0.6 is 12.4 Å². The maximum atomic E-state index is 12.3. The lowest BCUT2D eigenvalue weighted by atomic mass is 10.1. The van der Waals surface area contributed by atoms with Crippen LogP contribution in [0.2, 0.25) is 0 Å². The van der Waals surface area contributed by atoms with E-state index in [9.17, 15) is 4.79 Å². The Labute approximate surface area is 133 Å². The Morgan fingerprint density at radius 1 is 1.33 bits per heavy atom. The predicted octanol–water partition coefficient (Wildman–Crippen LogP) is 2.03. The molecule has 1 aromatic carbocycles. The van der Waals surface area contributed by atoms with E-state index in [4.69, 9.17) is 5.73 Å². The van der Waals surface area contributed by atoms with Crippen molar-refractivity contribution in [3.63, 3.8) is 0 Å². The second-order valence-electron chi connectivity index (χ2n) is 6.01. The Kier molecular flexibility index (Phi) is 6.65. The van der Waals surface area contributed by atoms with Crippen LogP contribution in [0.4, 0.5) is 0 Å². The number of hydrogen-bond donors (Lipinski definition) is 2. The zero-order valence-corrected chi connectivity index (χ0v) is 13.8. The third kappa shape index (κ3) is 4.43. The Morgan fingerprint density at radius 3 is 2.43 bits per heavy atom. The minimum atomic E-state index is 0. The van der Waals surface area contributed by atoms with Crippen LogP contribution in [0, 0.1) is 5.92 Å². The van der Waals surface area contributed by atoms with Gasteiger partial charge in [-0.05, 0) is 37.5 Å². The Hall–Kier alpha value is -1.10. The molecule has 3 N–H and O–H groups in total. The zero-order valence-electron chi connectivity index (χ0n) is 13.0. The standard InChI is InChI=1S/C16H25N3O.ClH/c1-11(2)19-9-12(3)15(10-19)18-16(20)14-6-4-13(8-17)5-7-14;/h4-7,11-12,15H,8-10,17H2,1-3H3,(H,18,20);1H. The molecule has 0 bridgehead atoms. The minimum absolute atomic E-state index is 0. The van der Waals surface area contributed by atoms with E-state index in [2.05, 4.69) is 31.0 Å². The van der Waals surface area contributed by atoms with Crippen LogP contribution in [0.1, 0.15) is 36.7 Å². The van der Waals surface area contributed by atoms with E-state index in [-0.39, 0.29) is 24.4 Å². The van der Waals surface area contributed by atoms with Gasteiger partial charge in [-0.15, -0.1) is 12.4 Å². The molecule has 2 rings (SSSR count). The van der Waals surface area contributed by atoms with Crippen molar-refractivity contribution < 1.29 is 4.79 Å². The predicted molar refractivity (Wildman–Crippen MR) is 88.7 cm³/mol. The van der Waals surface area contributed by atoms with Crippen LogP contribution in [0.15, 0.2) is 24.3 Å². The highest BCUT2D eigenvalue weighted by atomic mass is 35.5. The largest absolute Gasteiger partial charge is 0.348 e. The van der Waals surface area contributed by atoms with E-state index >= 15 is 0 Å². The van der Waals surface area contributed by atoms with Crippen molar-refractivity contribution in [1.82, 2.24) is 10.2 Å². The molecule has 1 aliphatic rings. The number of rotatable bonds is 4. The van der Waals surface area contributed by atoms with Gasteiger partial charge in [0.2, 0.25) is 0 Å². The second-order valence-corrected chi connectivity index (χ2v) is 6.01. The first kappa shape index (κ1) is 18.0. The van der Waals surface area contributed by atoms with Crippen LogP contribution < -0.4 is 11.1 Å². The van der Waals surface area contributed by atoms with Crippen LogP contribution in [-0.2, 0) is 6.54 Å². The first-order chi connectivity index (χ1) is 9.51. The van der Waals surface area contributed by atoms with Crippen LogP contribution in [0.25, 0.3) is 0 Å². The van der Waals surface area contributed by atoms with Crippen molar-refractivity contribution in [3.05, 3.63) is 35.4 Å². The number of nitrogens with zero attached hydrogens (tertiary/aromatic N) is 1. The van der Waals surface area contributed by atoms with Gasteiger partial charge in [-0.1, -0.05) is 19.1 Å². The lowest BCUT2D eigenvalue weighted by molar-refractivity contribution is 0.0930. The first-order valence-corrected chi connectivity index (χ1v) is 7.35. The minimum Gasteiger partial charge on any atom is -0.348 e. The Balaban J connectivity index is 0.00000220. The summed E-state index contributed by atoms with van der Waals surface area (Å²) in [5.74, 6) is 0.501. The first-order valence-electron chi connectivity index (χ1n) is 7.35. The quantitative estimate of drug-likeness (QED) is 0.894. The summed E-state index contributed by atoms with van der Waals surface area (Å²) < 4.78 is 0. The highest BCUT2D eigenvalue weighted by Crippen LogP contribution is 2.19. The third-order valence-electron chi connectivity index (χ3n) is 4.14. The van der Waals surface area contributed by atoms with Gasteiger partial charge in [-0.25, -0.2) is 0 Å². The van der Waals surface area contributed by atoms with Crippen LogP contribution in [-0.4, -0.2) is 36.0 Å². The molecule has 2 atom stereocenters. The van der Waals surface area contributed by atoms with Gasteiger partial charge >= 0.3 is 0 Å². The molecule has 5 heteroatoms. The van der Waals surface area contributed by atoms with Gasteiger partial charge in [-0.3, -0.25) is 9.69 Å². The molecular weight excluding hydrogens is 286 g/mol. The summed E-state index contributed by atoms with van der Waals surface area (Å²) in [5, 5.41) is 3.16. The van der Waals surface area contributed by atoms with Gasteiger partial charge in [0.25, 0.3) is 5.91 Å². The van der Waals surface area contributed by atoms with Gasteiger partial charge in [0.05, 0.1) is 0 Å². The van der Waals surface area contributed by atoms with Crippen molar-refractivity contribution in [3.8, 4) is 0 Å². The molecule has 1 fully saturated rings. The van der Waals surface area contributed by atoms with Gasteiger partial charge in [0.1, 0.15) is 0 Å². The monoisotopic (exact) mass is 311 g/mol. The molecule has 2 unspecified atom stereocenters. The van der Waals surface area contributed by atoms with Crippen molar-refractivity contribution in [2.75, 3.05) is 13.1 Å². The molecule has 1 saturated heterocycles. The molecule has 4 nitrogen and oxygen atoms in total. The van der Waals surface area contributed by atoms with Crippen molar-refractivity contribution in [1.29, 1.82) is 0 Å². The lowest BCUT2D eigenvalue weighted by Gasteiger charge is -2.20. The van der Waals surface area contributed by atoms with Gasteiger partial charge < -0.3 is 11.1 Å². The molecule has 0 radical (unpaired) electrons. The highest BCUT2D eigenvalue weighted by Gasteiger charge is 2.31. The fourth-order valence-electron chi connectivity index (χ4n) is 2.66. The maximum absolute atomic E-state index is 12.3. The fourth-order valence-corrected chi connectivity index (χ4v) is 2.66. The number of nitrogens with two attached hydrogens (primary N) is 1. The summed E-state index contributed by atoms with van der Waals surface area (Å²) >= 11 is 0. The molecule has 0 spiro atoms. The lowest BCUT2D eigenvalue weighted by Crippen LogP contribution is -2.40. The summed E-state index contributed by atoms with van der Waals surface area (Å²) in [7, 11) is 0. The average molecular weight is 312 g/mol. The molecule has 1 aromatic rings. The van der Waals surface area contributed by atoms with Crippen molar-refractivity contribution >= 4 is 18.3 Å². The molecule has 0 aromatic heterocycles. The number of nitrogens with one attached hydrogen (secondary N) is 1. The number of benzene rings is 1. The van der Waals surface area contributed by atoms with E-state index < -0.39 is 0 Å². The molecule has 1 aliphatic heterocycles. The SMILES string of the molecule is CC1CN(C(C)C)CC1NC(=O)c1ccc(CN)cc1.Cl. The van der Waals surface area contributed by atoms with Gasteiger partial charge in [-0.2, -0.15) is 0 Å². The van der Waals surface area contributed by atoms with E-state index in [1.54, 1.807) is 0 Å². The zero-order chi connectivity index (χ0) is 14.7. The maximum Gasteiger partial charge on any atom is 0.251 e. The summed E-state index contributed by atoms with van der Waals surface area (Å²) in [6.45, 7) is 9.08. The summed E-state index contributed by atoms with van der Waals surface area (Å²) in [4.78, 5) is 14.7. The summed E-state index contributed by atoms with van der Waals surface area (Å²) in [5.41, 5.74) is 7.31. The number of carbonyl (C=O) groups is 1. The van der Waals surface area contributed by atoms with E-state index in [0.29, 0.717) is 24.1 Å². The highest BCUT2D eigenvalue weighted by molar-refractivity contribution is 5.94. The van der Waals surface area contributed by atoms with Gasteiger partial charge in [0, 0.05) is 37.3 Å². The smallest absolute Gasteiger partial charge is 0.251 e. The molecule has 1 amide bonds. The molecule has 21 heavy (non-hydrogen) atoms. The summed E-state index contributed by atoms with van der Waals surface area (Å²) in [6, 6.07) is 8.28. The number of hydrogen-bond acceptors (Lipinski definition) is 3. The van der Waals surface area contributed by atoms with Crippen LogP contribution in [0.3, 0.4) is 0 Å². The van der Waals surface area contributed by atoms with E-state index in [0.717, 1.165) is 18.7 Å². The van der Waals surface area contributed by atoms with E-state index in [1.807, 2.05) is 24.3 Å². The summed E-state index contributed by atoms with van der Waals surface area (Å²) in [6.07, 6.45) is 0. The number of carbonyl (C=O) groups excluding carboxylic acids is 1.